The Balaban J connectivity index is 1.74. The van der Waals surface area contributed by atoms with E-state index < -0.39 is 0 Å². The van der Waals surface area contributed by atoms with Crippen molar-refractivity contribution in [3.63, 3.8) is 0 Å². The molecule has 1 amide bonds. The van der Waals surface area contributed by atoms with Gasteiger partial charge in [0.05, 0.1) is 11.8 Å². The Hall–Kier alpha value is -1.62. The van der Waals surface area contributed by atoms with Gasteiger partial charge >= 0.3 is 0 Å². The van der Waals surface area contributed by atoms with Gasteiger partial charge in [-0.2, -0.15) is 5.10 Å². The number of nitrogens with zero attached hydrogens (tertiary/aromatic N) is 3. The van der Waals surface area contributed by atoms with Crippen LogP contribution < -0.4 is 0 Å². The van der Waals surface area contributed by atoms with E-state index in [9.17, 15) is 4.79 Å². The molecule has 0 aliphatic carbocycles. The minimum atomic E-state index is 0.170. The molecule has 2 aromatic heterocycles. The Kier molecular flexibility index (Phi) is 4.08. The zero-order valence-corrected chi connectivity index (χ0v) is 14.3. The van der Waals surface area contributed by atoms with Gasteiger partial charge in [-0.25, -0.2) is 0 Å². The van der Waals surface area contributed by atoms with E-state index in [0.717, 1.165) is 41.9 Å². The summed E-state index contributed by atoms with van der Waals surface area (Å²) in [5, 5.41) is 6.17. The van der Waals surface area contributed by atoms with E-state index in [0.29, 0.717) is 5.41 Å². The predicted octanol–water partition coefficient (Wildman–Crippen LogP) is 3.80. The number of hydrogen-bond acceptors (Lipinski definition) is 3. The first kappa shape index (κ1) is 15.3. The van der Waals surface area contributed by atoms with Gasteiger partial charge in [-0.1, -0.05) is 13.8 Å². The molecule has 0 bridgehead atoms. The fourth-order valence-corrected chi connectivity index (χ4v) is 3.82. The number of likely N-dealkylation sites (tertiary alicyclic amines) is 1. The summed E-state index contributed by atoms with van der Waals surface area (Å²) in [6.07, 6.45) is 7.20. The molecule has 0 N–H and O–H groups in total. The molecule has 3 heterocycles. The molecule has 0 saturated carbocycles. The second-order valence-electron chi connectivity index (χ2n) is 6.91. The first-order chi connectivity index (χ1) is 10.4. The smallest absolute Gasteiger partial charge is 0.254 e. The van der Waals surface area contributed by atoms with Gasteiger partial charge in [0.2, 0.25) is 0 Å². The highest BCUT2D eigenvalue weighted by atomic mass is 32.1. The lowest BCUT2D eigenvalue weighted by Crippen LogP contribution is -2.32. The fraction of sp³-hybridized carbons (Fsp3) is 0.529. The monoisotopic (exact) mass is 317 g/mol. The number of carbonyl (C=O) groups excluding carboxylic acids is 1. The van der Waals surface area contributed by atoms with Crippen LogP contribution in [0, 0.1) is 5.41 Å². The zero-order chi connectivity index (χ0) is 15.7. The normalized spacial score (nSPS) is 18.2. The third-order valence-corrected chi connectivity index (χ3v) is 5.44. The van der Waals surface area contributed by atoms with Crippen molar-refractivity contribution in [1.29, 1.82) is 0 Å². The molecule has 4 nitrogen and oxygen atoms in total. The van der Waals surface area contributed by atoms with Gasteiger partial charge in [0, 0.05) is 42.2 Å². The first-order valence-corrected chi connectivity index (χ1v) is 8.69. The van der Waals surface area contributed by atoms with E-state index in [2.05, 4.69) is 18.9 Å². The SMILES string of the molecule is Cn1cc(-c2cc(C(=O)N3CCCC(C)(C)CC3)cs2)cn1. The number of rotatable bonds is 2. The molecular weight excluding hydrogens is 294 g/mol. The van der Waals surface area contributed by atoms with E-state index in [-0.39, 0.29) is 5.91 Å². The van der Waals surface area contributed by atoms with Crippen LogP contribution in [0.25, 0.3) is 10.4 Å². The van der Waals surface area contributed by atoms with Gasteiger partial charge in [0.25, 0.3) is 5.91 Å². The van der Waals surface area contributed by atoms with E-state index in [4.69, 9.17) is 0 Å². The third kappa shape index (κ3) is 3.24. The van der Waals surface area contributed by atoms with Crippen LogP contribution in [0.5, 0.6) is 0 Å². The summed E-state index contributed by atoms with van der Waals surface area (Å²) in [5.41, 5.74) is 2.23. The molecule has 0 atom stereocenters. The number of aromatic nitrogens is 2. The second-order valence-corrected chi connectivity index (χ2v) is 7.82. The maximum atomic E-state index is 12.7. The average molecular weight is 317 g/mol. The third-order valence-electron chi connectivity index (χ3n) is 4.46. The van der Waals surface area contributed by atoms with Gasteiger partial charge in [-0.05, 0) is 30.7 Å². The zero-order valence-electron chi connectivity index (χ0n) is 13.5. The highest BCUT2D eigenvalue weighted by Crippen LogP contribution is 2.31. The molecular formula is C17H23N3OS. The van der Waals surface area contributed by atoms with Crippen LogP contribution >= 0.6 is 11.3 Å². The fourth-order valence-electron chi connectivity index (χ4n) is 2.96. The maximum Gasteiger partial charge on any atom is 0.254 e. The number of aryl methyl sites for hydroxylation is 1. The van der Waals surface area contributed by atoms with Crippen molar-refractivity contribution in [2.75, 3.05) is 13.1 Å². The van der Waals surface area contributed by atoms with E-state index in [1.54, 1.807) is 16.0 Å². The quantitative estimate of drug-likeness (QED) is 0.845. The van der Waals surface area contributed by atoms with Crippen molar-refractivity contribution in [1.82, 2.24) is 14.7 Å². The van der Waals surface area contributed by atoms with Crippen LogP contribution in [-0.4, -0.2) is 33.7 Å². The second kappa shape index (κ2) is 5.88. The van der Waals surface area contributed by atoms with Crippen LogP contribution in [0.1, 0.15) is 43.5 Å². The average Bonchev–Trinajstić information content (AvgIpc) is 3.06. The molecule has 0 spiro atoms. The van der Waals surface area contributed by atoms with Crippen molar-refractivity contribution in [2.45, 2.75) is 33.1 Å². The number of thiophene rings is 1. The lowest BCUT2D eigenvalue weighted by molar-refractivity contribution is 0.0758. The molecule has 0 radical (unpaired) electrons. The summed E-state index contributed by atoms with van der Waals surface area (Å²) < 4.78 is 1.79. The summed E-state index contributed by atoms with van der Waals surface area (Å²) in [5.74, 6) is 0.170. The Morgan fingerprint density at radius 2 is 2.14 bits per heavy atom. The van der Waals surface area contributed by atoms with Crippen LogP contribution in [0.4, 0.5) is 0 Å². The molecule has 1 fully saturated rings. The molecule has 22 heavy (non-hydrogen) atoms. The first-order valence-electron chi connectivity index (χ1n) is 7.81. The van der Waals surface area contributed by atoms with Crippen LogP contribution in [0.2, 0.25) is 0 Å². The van der Waals surface area contributed by atoms with E-state index in [1.807, 2.05) is 35.8 Å². The molecule has 1 aliphatic rings. The Morgan fingerprint density at radius 3 is 2.86 bits per heavy atom. The highest BCUT2D eigenvalue weighted by Gasteiger charge is 2.26. The van der Waals surface area contributed by atoms with E-state index >= 15 is 0 Å². The van der Waals surface area contributed by atoms with Crippen molar-refractivity contribution >= 4 is 17.2 Å². The van der Waals surface area contributed by atoms with Gasteiger partial charge < -0.3 is 4.90 Å². The van der Waals surface area contributed by atoms with Gasteiger partial charge in [-0.3, -0.25) is 9.48 Å². The Morgan fingerprint density at radius 1 is 1.32 bits per heavy atom. The minimum absolute atomic E-state index is 0.170. The minimum Gasteiger partial charge on any atom is -0.339 e. The lowest BCUT2D eigenvalue weighted by atomic mass is 9.85. The molecule has 118 valence electrons. The molecule has 3 rings (SSSR count). The predicted molar refractivity (Wildman–Crippen MR) is 90.1 cm³/mol. The standard InChI is InChI=1S/C17H23N3OS/c1-17(2)5-4-7-20(8-6-17)16(21)13-9-15(22-12-13)14-10-18-19(3)11-14/h9-12H,4-8H2,1-3H3. The summed E-state index contributed by atoms with van der Waals surface area (Å²) in [4.78, 5) is 15.8. The van der Waals surface area contributed by atoms with E-state index in [1.165, 1.54) is 6.42 Å². The van der Waals surface area contributed by atoms with Crippen molar-refractivity contribution in [2.24, 2.45) is 12.5 Å². The summed E-state index contributed by atoms with van der Waals surface area (Å²) in [7, 11) is 1.90. The summed E-state index contributed by atoms with van der Waals surface area (Å²) in [6, 6.07) is 2.00. The molecule has 5 heteroatoms. The van der Waals surface area contributed by atoms with Gasteiger partial charge in [-0.15, -0.1) is 11.3 Å². The number of hydrogen-bond donors (Lipinski definition) is 0. The van der Waals surface area contributed by atoms with Crippen molar-refractivity contribution in [3.8, 4) is 10.4 Å². The van der Waals surface area contributed by atoms with Crippen LogP contribution in [-0.2, 0) is 7.05 Å². The lowest BCUT2D eigenvalue weighted by Gasteiger charge is -2.23. The molecule has 0 aromatic carbocycles. The summed E-state index contributed by atoms with van der Waals surface area (Å²) >= 11 is 1.61. The van der Waals surface area contributed by atoms with Crippen molar-refractivity contribution < 1.29 is 4.79 Å². The number of amides is 1. The Bertz CT molecular complexity index is 671. The van der Waals surface area contributed by atoms with Gasteiger partial charge in [0.15, 0.2) is 0 Å². The molecule has 1 saturated heterocycles. The molecule has 1 aliphatic heterocycles. The topological polar surface area (TPSA) is 38.1 Å². The largest absolute Gasteiger partial charge is 0.339 e. The Labute approximate surface area is 135 Å². The maximum absolute atomic E-state index is 12.7. The molecule has 2 aromatic rings. The van der Waals surface area contributed by atoms with Crippen LogP contribution in [0.3, 0.4) is 0 Å². The van der Waals surface area contributed by atoms with Crippen LogP contribution in [0.15, 0.2) is 23.8 Å². The molecule has 0 unspecified atom stereocenters. The highest BCUT2D eigenvalue weighted by molar-refractivity contribution is 7.13. The summed E-state index contributed by atoms with van der Waals surface area (Å²) in [6.45, 7) is 6.34. The number of carbonyl (C=O) groups is 1. The van der Waals surface area contributed by atoms with Gasteiger partial charge in [0.1, 0.15) is 0 Å². The van der Waals surface area contributed by atoms with Crippen molar-refractivity contribution in [3.05, 3.63) is 29.4 Å².